The highest BCUT2D eigenvalue weighted by molar-refractivity contribution is 5.81. The summed E-state index contributed by atoms with van der Waals surface area (Å²) >= 11 is 0. The summed E-state index contributed by atoms with van der Waals surface area (Å²) in [5, 5.41) is 15.6. The summed E-state index contributed by atoms with van der Waals surface area (Å²) in [7, 11) is 0. The minimum Gasteiger partial charge on any atom is -0.387 e. The molecule has 2 unspecified atom stereocenters. The van der Waals surface area contributed by atoms with Crippen molar-refractivity contribution in [3.05, 3.63) is 35.4 Å². The van der Waals surface area contributed by atoms with Gasteiger partial charge in [-0.2, -0.15) is 0 Å². The Labute approximate surface area is 116 Å². The molecule has 0 spiro atoms. The summed E-state index contributed by atoms with van der Waals surface area (Å²) in [5.74, 6) is -2.07. The molecule has 4 nitrogen and oxygen atoms in total. The van der Waals surface area contributed by atoms with Crippen LogP contribution in [0.25, 0.3) is 0 Å². The van der Waals surface area contributed by atoms with E-state index in [0.29, 0.717) is 0 Å². The van der Waals surface area contributed by atoms with E-state index < -0.39 is 23.8 Å². The predicted molar refractivity (Wildman–Crippen MR) is 69.9 cm³/mol. The van der Waals surface area contributed by atoms with Gasteiger partial charge >= 0.3 is 0 Å². The Kier molecular flexibility index (Phi) is 4.67. The summed E-state index contributed by atoms with van der Waals surface area (Å²) in [5.41, 5.74) is 0.270. The fourth-order valence-electron chi connectivity index (χ4n) is 1.77. The predicted octanol–water partition coefficient (Wildman–Crippen LogP) is 1.25. The molecule has 1 saturated carbocycles. The van der Waals surface area contributed by atoms with Crippen LogP contribution < -0.4 is 10.6 Å². The molecular formula is C14H18F2N2O2. The third-order valence-electron chi connectivity index (χ3n) is 3.26. The number of benzene rings is 1. The summed E-state index contributed by atoms with van der Waals surface area (Å²) < 4.78 is 25.8. The van der Waals surface area contributed by atoms with E-state index in [0.717, 1.165) is 25.0 Å². The standard InChI is InChI=1S/C14H18F2N2O2/c1-8(14(20)18-10-3-4-10)17-7-13(19)9-2-5-11(15)12(16)6-9/h2,5-6,8,10,13,17,19H,3-4,7H2,1H3,(H,18,20). The summed E-state index contributed by atoms with van der Waals surface area (Å²) in [4.78, 5) is 11.7. The maximum Gasteiger partial charge on any atom is 0.237 e. The first-order chi connectivity index (χ1) is 9.47. The Morgan fingerprint density at radius 3 is 2.70 bits per heavy atom. The molecule has 110 valence electrons. The van der Waals surface area contributed by atoms with Gasteiger partial charge in [-0.15, -0.1) is 0 Å². The van der Waals surface area contributed by atoms with Crippen molar-refractivity contribution in [1.82, 2.24) is 10.6 Å². The molecule has 0 aromatic heterocycles. The fourth-order valence-corrected chi connectivity index (χ4v) is 1.77. The van der Waals surface area contributed by atoms with Gasteiger partial charge in [0.1, 0.15) is 0 Å². The van der Waals surface area contributed by atoms with Crippen molar-refractivity contribution in [2.45, 2.75) is 38.0 Å². The first kappa shape index (κ1) is 14.9. The Bertz CT molecular complexity index is 492. The highest BCUT2D eigenvalue weighted by atomic mass is 19.2. The fraction of sp³-hybridized carbons (Fsp3) is 0.500. The van der Waals surface area contributed by atoms with Crippen LogP contribution in [0.5, 0.6) is 0 Å². The van der Waals surface area contributed by atoms with Crippen LogP contribution >= 0.6 is 0 Å². The Balaban J connectivity index is 1.82. The molecule has 20 heavy (non-hydrogen) atoms. The number of rotatable bonds is 6. The second-order valence-electron chi connectivity index (χ2n) is 5.10. The smallest absolute Gasteiger partial charge is 0.237 e. The third-order valence-corrected chi connectivity index (χ3v) is 3.26. The van der Waals surface area contributed by atoms with Gasteiger partial charge in [-0.25, -0.2) is 8.78 Å². The van der Waals surface area contributed by atoms with Crippen LogP contribution in [0.2, 0.25) is 0 Å². The molecule has 0 aliphatic heterocycles. The van der Waals surface area contributed by atoms with E-state index in [1.807, 2.05) is 0 Å². The van der Waals surface area contributed by atoms with Gasteiger partial charge in [0.2, 0.25) is 5.91 Å². The van der Waals surface area contributed by atoms with Gasteiger partial charge in [0, 0.05) is 12.6 Å². The van der Waals surface area contributed by atoms with Crippen molar-refractivity contribution in [2.24, 2.45) is 0 Å². The van der Waals surface area contributed by atoms with Gasteiger partial charge in [-0.1, -0.05) is 6.07 Å². The highest BCUT2D eigenvalue weighted by Gasteiger charge is 2.25. The number of carbonyl (C=O) groups is 1. The number of amides is 1. The molecule has 0 heterocycles. The molecule has 0 bridgehead atoms. The molecule has 2 atom stereocenters. The zero-order chi connectivity index (χ0) is 14.7. The maximum atomic E-state index is 13.0. The third kappa shape index (κ3) is 3.98. The van der Waals surface area contributed by atoms with Crippen LogP contribution in [0, 0.1) is 11.6 Å². The van der Waals surface area contributed by atoms with Gasteiger partial charge in [0.05, 0.1) is 12.1 Å². The zero-order valence-electron chi connectivity index (χ0n) is 11.2. The van der Waals surface area contributed by atoms with E-state index >= 15 is 0 Å². The van der Waals surface area contributed by atoms with E-state index in [4.69, 9.17) is 0 Å². The molecule has 1 fully saturated rings. The average Bonchev–Trinajstić information content (AvgIpc) is 3.22. The van der Waals surface area contributed by atoms with E-state index in [1.54, 1.807) is 6.92 Å². The van der Waals surface area contributed by atoms with Crippen molar-refractivity contribution in [1.29, 1.82) is 0 Å². The van der Waals surface area contributed by atoms with Gasteiger partial charge in [-0.3, -0.25) is 4.79 Å². The van der Waals surface area contributed by atoms with Crippen molar-refractivity contribution in [3.63, 3.8) is 0 Å². The number of aliphatic hydroxyl groups excluding tert-OH is 1. The Morgan fingerprint density at radius 1 is 1.40 bits per heavy atom. The van der Waals surface area contributed by atoms with E-state index in [2.05, 4.69) is 10.6 Å². The van der Waals surface area contributed by atoms with Gasteiger partial charge in [0.15, 0.2) is 11.6 Å². The highest BCUT2D eigenvalue weighted by Crippen LogP contribution is 2.19. The second kappa shape index (κ2) is 6.28. The van der Waals surface area contributed by atoms with Gasteiger partial charge in [-0.05, 0) is 37.5 Å². The molecule has 1 aromatic rings. The second-order valence-corrected chi connectivity index (χ2v) is 5.10. The largest absolute Gasteiger partial charge is 0.387 e. The summed E-state index contributed by atoms with van der Waals surface area (Å²) in [6.07, 6.45) is 1.02. The first-order valence-electron chi connectivity index (χ1n) is 6.64. The van der Waals surface area contributed by atoms with E-state index in [9.17, 15) is 18.7 Å². The van der Waals surface area contributed by atoms with Crippen LogP contribution in [0.1, 0.15) is 31.4 Å². The van der Waals surface area contributed by atoms with Gasteiger partial charge < -0.3 is 15.7 Å². The SMILES string of the molecule is CC(NCC(O)c1ccc(F)c(F)c1)C(=O)NC1CC1. The van der Waals surface area contributed by atoms with E-state index in [1.165, 1.54) is 6.07 Å². The molecule has 1 amide bonds. The number of hydrogen-bond donors (Lipinski definition) is 3. The van der Waals surface area contributed by atoms with Crippen LogP contribution in [-0.2, 0) is 4.79 Å². The maximum absolute atomic E-state index is 13.0. The van der Waals surface area contributed by atoms with Crippen LogP contribution in [0.4, 0.5) is 8.78 Å². The molecule has 2 rings (SSSR count). The van der Waals surface area contributed by atoms with Crippen LogP contribution in [0.15, 0.2) is 18.2 Å². The molecule has 6 heteroatoms. The van der Waals surface area contributed by atoms with Crippen molar-refractivity contribution < 1.29 is 18.7 Å². The molecule has 0 radical (unpaired) electrons. The number of nitrogens with one attached hydrogen (secondary N) is 2. The van der Waals surface area contributed by atoms with Crippen LogP contribution in [0.3, 0.4) is 0 Å². The number of aliphatic hydroxyl groups is 1. The molecule has 0 saturated heterocycles. The Morgan fingerprint density at radius 2 is 2.10 bits per heavy atom. The summed E-state index contributed by atoms with van der Waals surface area (Å²) in [6, 6.07) is 3.08. The van der Waals surface area contributed by atoms with Crippen LogP contribution in [-0.4, -0.2) is 29.6 Å². The lowest BCUT2D eigenvalue weighted by Gasteiger charge is -2.17. The number of halogens is 2. The monoisotopic (exact) mass is 284 g/mol. The minimum absolute atomic E-state index is 0.0876. The number of carbonyl (C=O) groups excluding carboxylic acids is 1. The lowest BCUT2D eigenvalue weighted by molar-refractivity contribution is -0.123. The van der Waals surface area contributed by atoms with Crippen molar-refractivity contribution in [2.75, 3.05) is 6.54 Å². The molecule has 1 aromatic carbocycles. The van der Waals surface area contributed by atoms with Crippen molar-refractivity contribution >= 4 is 5.91 Å². The number of hydrogen-bond acceptors (Lipinski definition) is 3. The van der Waals surface area contributed by atoms with Gasteiger partial charge in [0.25, 0.3) is 0 Å². The zero-order valence-corrected chi connectivity index (χ0v) is 11.2. The lowest BCUT2D eigenvalue weighted by Crippen LogP contribution is -2.44. The quantitative estimate of drug-likeness (QED) is 0.737. The average molecular weight is 284 g/mol. The topological polar surface area (TPSA) is 61.4 Å². The van der Waals surface area contributed by atoms with E-state index in [-0.39, 0.29) is 24.1 Å². The molecule has 3 N–H and O–H groups in total. The minimum atomic E-state index is -0.999. The molecule has 1 aliphatic carbocycles. The summed E-state index contributed by atoms with van der Waals surface area (Å²) in [6.45, 7) is 1.78. The van der Waals surface area contributed by atoms with Crippen molar-refractivity contribution in [3.8, 4) is 0 Å². The normalized spacial score (nSPS) is 17.6. The lowest BCUT2D eigenvalue weighted by atomic mass is 10.1. The Hall–Kier alpha value is -1.53. The molecule has 1 aliphatic rings. The molecular weight excluding hydrogens is 266 g/mol. The first-order valence-corrected chi connectivity index (χ1v) is 6.64.